The first-order valence-electron chi connectivity index (χ1n) is 8.42. The molecule has 138 valence electrons. The SMILES string of the molecule is O=C(NCCc1csc(COc2cccnc2)n1)c1ccc2c(c1)OCO2. The van der Waals surface area contributed by atoms with E-state index < -0.39 is 0 Å². The number of hydrogen-bond acceptors (Lipinski definition) is 7. The van der Waals surface area contributed by atoms with Gasteiger partial charge in [0.1, 0.15) is 17.4 Å². The maximum absolute atomic E-state index is 12.2. The lowest BCUT2D eigenvalue weighted by Crippen LogP contribution is -2.25. The van der Waals surface area contributed by atoms with Gasteiger partial charge < -0.3 is 19.5 Å². The average Bonchev–Trinajstić information content (AvgIpc) is 3.35. The summed E-state index contributed by atoms with van der Waals surface area (Å²) < 4.78 is 16.2. The van der Waals surface area contributed by atoms with Crippen LogP contribution in [0, 0.1) is 0 Å². The smallest absolute Gasteiger partial charge is 0.251 e. The molecule has 3 heterocycles. The quantitative estimate of drug-likeness (QED) is 0.676. The number of carbonyl (C=O) groups excluding carboxylic acids is 1. The first-order chi connectivity index (χ1) is 13.3. The van der Waals surface area contributed by atoms with Crippen molar-refractivity contribution in [2.75, 3.05) is 13.3 Å². The number of nitrogens with one attached hydrogen (secondary N) is 1. The average molecular weight is 383 g/mol. The summed E-state index contributed by atoms with van der Waals surface area (Å²) in [4.78, 5) is 20.8. The lowest BCUT2D eigenvalue weighted by atomic mass is 10.2. The van der Waals surface area contributed by atoms with Crippen molar-refractivity contribution < 1.29 is 19.0 Å². The Morgan fingerprint density at radius 2 is 2.19 bits per heavy atom. The van der Waals surface area contributed by atoms with Crippen LogP contribution >= 0.6 is 11.3 Å². The molecule has 0 saturated heterocycles. The number of carbonyl (C=O) groups is 1. The highest BCUT2D eigenvalue weighted by molar-refractivity contribution is 7.09. The van der Waals surface area contributed by atoms with E-state index >= 15 is 0 Å². The topological polar surface area (TPSA) is 82.6 Å². The fraction of sp³-hybridized carbons (Fsp3) is 0.211. The second kappa shape index (κ2) is 8.05. The molecule has 4 rings (SSSR count). The zero-order valence-corrected chi connectivity index (χ0v) is 15.2. The van der Waals surface area contributed by atoms with E-state index in [4.69, 9.17) is 14.2 Å². The molecule has 0 spiro atoms. The van der Waals surface area contributed by atoms with Crippen molar-refractivity contribution in [3.8, 4) is 17.2 Å². The molecular formula is C19H17N3O4S. The Labute approximate surface area is 159 Å². The zero-order valence-electron chi connectivity index (χ0n) is 14.4. The summed E-state index contributed by atoms with van der Waals surface area (Å²) in [7, 11) is 0. The molecule has 1 aromatic carbocycles. The molecule has 7 nitrogen and oxygen atoms in total. The fourth-order valence-corrected chi connectivity index (χ4v) is 3.29. The summed E-state index contributed by atoms with van der Waals surface area (Å²) in [6, 6.07) is 8.83. The van der Waals surface area contributed by atoms with Crippen LogP contribution in [0.3, 0.4) is 0 Å². The third kappa shape index (κ3) is 4.35. The second-order valence-corrected chi connectivity index (χ2v) is 6.73. The Hall–Kier alpha value is -3.13. The highest BCUT2D eigenvalue weighted by Gasteiger charge is 2.16. The Kier molecular flexibility index (Phi) is 5.15. The molecular weight excluding hydrogens is 366 g/mol. The molecule has 0 aliphatic carbocycles. The molecule has 27 heavy (non-hydrogen) atoms. The van der Waals surface area contributed by atoms with Crippen LogP contribution in [0.15, 0.2) is 48.1 Å². The van der Waals surface area contributed by atoms with Crippen LogP contribution < -0.4 is 19.5 Å². The predicted molar refractivity (Wildman–Crippen MR) is 99.3 cm³/mol. The highest BCUT2D eigenvalue weighted by atomic mass is 32.1. The normalized spacial score (nSPS) is 12.0. The maximum atomic E-state index is 12.2. The number of hydrogen-bond donors (Lipinski definition) is 1. The minimum absolute atomic E-state index is 0.149. The number of fused-ring (bicyclic) bond motifs is 1. The van der Waals surface area contributed by atoms with Crippen LogP contribution in [0.5, 0.6) is 17.2 Å². The molecule has 0 radical (unpaired) electrons. The third-order valence-electron chi connectivity index (χ3n) is 3.90. The van der Waals surface area contributed by atoms with E-state index in [0.29, 0.717) is 42.4 Å². The predicted octanol–water partition coefficient (Wildman–Crippen LogP) is 2.82. The third-order valence-corrected chi connectivity index (χ3v) is 4.77. The summed E-state index contributed by atoms with van der Waals surface area (Å²) >= 11 is 1.54. The van der Waals surface area contributed by atoms with Gasteiger partial charge in [-0.3, -0.25) is 9.78 Å². The molecule has 1 N–H and O–H groups in total. The van der Waals surface area contributed by atoms with E-state index in [2.05, 4.69) is 15.3 Å². The van der Waals surface area contributed by atoms with E-state index in [9.17, 15) is 4.79 Å². The molecule has 0 unspecified atom stereocenters. The van der Waals surface area contributed by atoms with Crippen LogP contribution in [0.25, 0.3) is 0 Å². The Morgan fingerprint density at radius 1 is 1.26 bits per heavy atom. The standard InChI is InChI=1S/C19H17N3O4S/c23-19(13-3-4-16-17(8-13)26-12-25-16)21-7-5-14-11-27-18(22-14)10-24-15-2-1-6-20-9-15/h1-4,6,8-9,11H,5,7,10,12H2,(H,21,23). The Balaban J connectivity index is 1.24. The van der Waals surface area contributed by atoms with Gasteiger partial charge in [0.2, 0.25) is 6.79 Å². The van der Waals surface area contributed by atoms with Crippen molar-refractivity contribution in [3.05, 3.63) is 64.4 Å². The molecule has 2 aromatic heterocycles. The summed E-state index contributed by atoms with van der Waals surface area (Å²) in [6.45, 7) is 1.09. The van der Waals surface area contributed by atoms with E-state index in [1.165, 1.54) is 11.3 Å². The number of amides is 1. The number of benzene rings is 1. The van der Waals surface area contributed by atoms with Gasteiger partial charge in [0.25, 0.3) is 5.91 Å². The lowest BCUT2D eigenvalue weighted by molar-refractivity contribution is 0.0953. The van der Waals surface area contributed by atoms with Crippen molar-refractivity contribution in [2.45, 2.75) is 13.0 Å². The fourth-order valence-electron chi connectivity index (χ4n) is 2.55. The van der Waals surface area contributed by atoms with Crippen molar-refractivity contribution in [1.29, 1.82) is 0 Å². The van der Waals surface area contributed by atoms with E-state index in [1.807, 2.05) is 17.5 Å². The van der Waals surface area contributed by atoms with Crippen LogP contribution in [0.4, 0.5) is 0 Å². The summed E-state index contributed by atoms with van der Waals surface area (Å²) in [5.41, 5.74) is 1.47. The molecule has 8 heteroatoms. The number of nitrogens with zero attached hydrogens (tertiary/aromatic N) is 2. The van der Waals surface area contributed by atoms with Gasteiger partial charge >= 0.3 is 0 Å². The van der Waals surface area contributed by atoms with Gasteiger partial charge in [-0.1, -0.05) is 0 Å². The number of ether oxygens (including phenoxy) is 3. The van der Waals surface area contributed by atoms with Crippen molar-refractivity contribution in [3.63, 3.8) is 0 Å². The second-order valence-electron chi connectivity index (χ2n) is 5.78. The minimum Gasteiger partial charge on any atom is -0.485 e. The Bertz CT molecular complexity index is 930. The van der Waals surface area contributed by atoms with Crippen molar-refractivity contribution >= 4 is 17.2 Å². The first kappa shape index (κ1) is 17.3. The largest absolute Gasteiger partial charge is 0.485 e. The number of rotatable bonds is 7. The van der Waals surface area contributed by atoms with Gasteiger partial charge in [-0.15, -0.1) is 11.3 Å². The summed E-state index contributed by atoms with van der Waals surface area (Å²) in [5, 5.41) is 5.76. The van der Waals surface area contributed by atoms with Crippen LogP contribution in [0.1, 0.15) is 21.1 Å². The minimum atomic E-state index is -0.149. The zero-order chi connectivity index (χ0) is 18.5. The highest BCUT2D eigenvalue weighted by Crippen LogP contribution is 2.32. The van der Waals surface area contributed by atoms with E-state index in [0.717, 1.165) is 10.7 Å². The van der Waals surface area contributed by atoms with Crippen LogP contribution in [-0.4, -0.2) is 29.2 Å². The molecule has 1 aliphatic heterocycles. The molecule has 3 aromatic rings. The van der Waals surface area contributed by atoms with Gasteiger partial charge in [0, 0.05) is 30.1 Å². The number of aromatic nitrogens is 2. The van der Waals surface area contributed by atoms with Gasteiger partial charge in [-0.2, -0.15) is 0 Å². The maximum Gasteiger partial charge on any atom is 0.251 e. The van der Waals surface area contributed by atoms with Crippen molar-refractivity contribution in [2.24, 2.45) is 0 Å². The van der Waals surface area contributed by atoms with Gasteiger partial charge in [0.05, 0.1) is 11.9 Å². The van der Waals surface area contributed by atoms with Gasteiger partial charge in [0.15, 0.2) is 11.5 Å². The monoisotopic (exact) mass is 383 g/mol. The lowest BCUT2D eigenvalue weighted by Gasteiger charge is -2.05. The molecule has 0 fully saturated rings. The van der Waals surface area contributed by atoms with Gasteiger partial charge in [-0.05, 0) is 30.3 Å². The van der Waals surface area contributed by atoms with Crippen molar-refractivity contribution in [1.82, 2.24) is 15.3 Å². The van der Waals surface area contributed by atoms with Gasteiger partial charge in [-0.25, -0.2) is 4.98 Å². The summed E-state index contributed by atoms with van der Waals surface area (Å²) in [5.74, 6) is 1.82. The summed E-state index contributed by atoms with van der Waals surface area (Å²) in [6.07, 6.45) is 4.02. The number of pyridine rings is 1. The molecule has 1 amide bonds. The molecule has 0 saturated carbocycles. The first-order valence-corrected chi connectivity index (χ1v) is 9.30. The number of thiazole rings is 1. The van der Waals surface area contributed by atoms with Crippen LogP contribution in [0.2, 0.25) is 0 Å². The van der Waals surface area contributed by atoms with Crippen LogP contribution in [-0.2, 0) is 13.0 Å². The Morgan fingerprint density at radius 3 is 3.07 bits per heavy atom. The van der Waals surface area contributed by atoms with E-state index in [-0.39, 0.29) is 12.7 Å². The molecule has 0 atom stereocenters. The molecule has 1 aliphatic rings. The van der Waals surface area contributed by atoms with E-state index in [1.54, 1.807) is 30.6 Å². The molecule has 0 bridgehead atoms.